The van der Waals surface area contributed by atoms with Crippen molar-refractivity contribution in [3.8, 4) is 5.69 Å². The Balaban J connectivity index is 1.72. The first-order valence-electron chi connectivity index (χ1n) is 12.6. The first-order chi connectivity index (χ1) is 18.5. The molecule has 4 aromatic rings. The number of imidazole rings is 1. The summed E-state index contributed by atoms with van der Waals surface area (Å²) in [6.45, 7) is 12.9. The molecule has 206 valence electrons. The van der Waals surface area contributed by atoms with Crippen molar-refractivity contribution in [2.75, 3.05) is 10.6 Å². The summed E-state index contributed by atoms with van der Waals surface area (Å²) in [4.78, 5) is 17.7. The Morgan fingerprint density at radius 3 is 2.62 bits per heavy atom. The summed E-state index contributed by atoms with van der Waals surface area (Å²) < 4.78 is 28.0. The average Bonchev–Trinajstić information content (AvgIpc) is 3.52. The second-order valence-electron chi connectivity index (χ2n) is 10.4. The number of halogens is 2. The Kier molecular flexibility index (Phi) is 8.48. The molecule has 39 heavy (non-hydrogen) atoms. The van der Waals surface area contributed by atoms with Crippen LogP contribution in [0.5, 0.6) is 0 Å². The summed E-state index contributed by atoms with van der Waals surface area (Å²) >= 11 is 0.748. The molecule has 0 aliphatic heterocycles. The standard InChI is InChI=1S/C29H33F2N5O2S/c1-6-25(37)33-19-8-7-9-20(15-19)36-22-11-10-18(16-32-17(2)29(3,4)5)14-21(22)34-28(36)35-27(38)24-13-12-23(39-24)26(30)31/h6-15,17,25-26,32-33,37H,1,16H2,2-5H3,(H,34,35,38)/t17-,25?/m0/s1. The van der Waals surface area contributed by atoms with Gasteiger partial charge in [0.05, 0.1) is 26.5 Å². The third-order valence-corrected chi connectivity index (χ3v) is 7.65. The van der Waals surface area contributed by atoms with Gasteiger partial charge in [0.15, 0.2) is 0 Å². The van der Waals surface area contributed by atoms with Crippen LogP contribution in [0.25, 0.3) is 16.7 Å². The number of rotatable bonds is 10. The molecular weight excluding hydrogens is 520 g/mol. The molecule has 10 heteroatoms. The Hall–Kier alpha value is -3.60. The van der Waals surface area contributed by atoms with Crippen molar-refractivity contribution in [2.24, 2.45) is 5.41 Å². The zero-order chi connectivity index (χ0) is 28.3. The summed E-state index contributed by atoms with van der Waals surface area (Å²) in [5, 5.41) is 19.2. The molecule has 0 aliphatic carbocycles. The SMILES string of the molecule is C=CC(O)Nc1cccc(-n2c(NC(=O)c3ccc(C(F)F)s3)nc3cc(CN[C@@H](C)C(C)(C)C)ccc32)c1. The molecule has 2 heterocycles. The van der Waals surface area contributed by atoms with Gasteiger partial charge in [-0.25, -0.2) is 13.8 Å². The van der Waals surface area contributed by atoms with E-state index in [9.17, 15) is 18.7 Å². The third-order valence-electron chi connectivity index (χ3n) is 6.56. The normalized spacial score (nSPS) is 13.4. The second kappa shape index (κ2) is 11.6. The Morgan fingerprint density at radius 2 is 1.95 bits per heavy atom. The van der Waals surface area contributed by atoms with E-state index in [-0.39, 0.29) is 27.2 Å². The molecule has 0 spiro atoms. The highest BCUT2D eigenvalue weighted by atomic mass is 32.1. The zero-order valence-corrected chi connectivity index (χ0v) is 23.2. The van der Waals surface area contributed by atoms with Gasteiger partial charge in [0.2, 0.25) is 5.95 Å². The van der Waals surface area contributed by atoms with Crippen LogP contribution in [0, 0.1) is 5.41 Å². The number of fused-ring (bicyclic) bond motifs is 1. The van der Waals surface area contributed by atoms with E-state index in [4.69, 9.17) is 4.98 Å². The van der Waals surface area contributed by atoms with Gasteiger partial charge in [-0.2, -0.15) is 0 Å². The molecule has 4 N–H and O–H groups in total. The number of carbonyl (C=O) groups excluding carboxylic acids is 1. The number of aliphatic hydroxyl groups excluding tert-OH is 1. The molecular formula is C29H33F2N5O2S. The van der Waals surface area contributed by atoms with Crippen molar-refractivity contribution < 1.29 is 18.7 Å². The van der Waals surface area contributed by atoms with Gasteiger partial charge in [-0.1, -0.05) is 39.5 Å². The minimum atomic E-state index is -2.64. The summed E-state index contributed by atoms with van der Waals surface area (Å²) in [6.07, 6.45) is -2.21. The van der Waals surface area contributed by atoms with Crippen LogP contribution in [-0.4, -0.2) is 32.8 Å². The van der Waals surface area contributed by atoms with Crippen molar-refractivity contribution >= 4 is 39.9 Å². The zero-order valence-electron chi connectivity index (χ0n) is 22.3. The van der Waals surface area contributed by atoms with Crippen molar-refractivity contribution in [1.82, 2.24) is 14.9 Å². The number of hydrogen-bond acceptors (Lipinski definition) is 6. The van der Waals surface area contributed by atoms with Crippen molar-refractivity contribution in [3.63, 3.8) is 0 Å². The maximum Gasteiger partial charge on any atom is 0.272 e. The van der Waals surface area contributed by atoms with Crippen molar-refractivity contribution in [3.05, 3.63) is 82.6 Å². The summed E-state index contributed by atoms with van der Waals surface area (Å²) in [6, 6.07) is 16.1. The number of hydrogen-bond donors (Lipinski definition) is 4. The third kappa shape index (κ3) is 6.70. The highest BCUT2D eigenvalue weighted by molar-refractivity contribution is 7.14. The lowest BCUT2D eigenvalue weighted by atomic mass is 9.88. The van der Waals surface area contributed by atoms with Gasteiger partial charge in [-0.3, -0.25) is 14.7 Å². The number of nitrogens with one attached hydrogen (secondary N) is 3. The molecule has 7 nitrogen and oxygen atoms in total. The van der Waals surface area contributed by atoms with Gasteiger partial charge in [-0.05, 0) is 66.4 Å². The van der Waals surface area contributed by atoms with Gasteiger partial charge in [-0.15, -0.1) is 11.3 Å². The molecule has 0 fully saturated rings. The van der Waals surface area contributed by atoms with Gasteiger partial charge in [0.1, 0.15) is 6.23 Å². The fraction of sp³-hybridized carbons (Fsp3) is 0.310. The summed E-state index contributed by atoms with van der Waals surface area (Å²) in [5.41, 5.74) is 3.87. The van der Waals surface area contributed by atoms with Gasteiger partial charge >= 0.3 is 0 Å². The van der Waals surface area contributed by atoms with Crippen molar-refractivity contribution in [1.29, 1.82) is 0 Å². The Morgan fingerprint density at radius 1 is 1.18 bits per heavy atom. The molecule has 1 amide bonds. The van der Waals surface area contributed by atoms with E-state index in [0.717, 1.165) is 22.4 Å². The smallest absolute Gasteiger partial charge is 0.272 e. The minimum absolute atomic E-state index is 0.104. The number of anilines is 2. The molecule has 0 radical (unpaired) electrons. The maximum atomic E-state index is 13.1. The average molecular weight is 554 g/mol. The highest BCUT2D eigenvalue weighted by Crippen LogP contribution is 2.30. The number of amides is 1. The fourth-order valence-corrected chi connectivity index (χ4v) is 4.64. The highest BCUT2D eigenvalue weighted by Gasteiger charge is 2.21. The molecule has 1 unspecified atom stereocenters. The quantitative estimate of drug-likeness (QED) is 0.129. The molecule has 0 saturated carbocycles. The van der Waals surface area contributed by atoms with E-state index in [2.05, 4.69) is 50.2 Å². The molecule has 2 aromatic carbocycles. The lowest BCUT2D eigenvalue weighted by molar-refractivity contribution is 0.102. The van der Waals surface area contributed by atoms with Crippen LogP contribution in [0.15, 0.2) is 67.3 Å². The van der Waals surface area contributed by atoms with Gasteiger partial charge in [0, 0.05) is 18.3 Å². The van der Waals surface area contributed by atoms with Crippen molar-refractivity contribution in [2.45, 2.75) is 52.9 Å². The first kappa shape index (κ1) is 28.4. The summed E-state index contributed by atoms with van der Waals surface area (Å²) in [7, 11) is 0. The Labute approximate surface area is 230 Å². The summed E-state index contributed by atoms with van der Waals surface area (Å²) in [5.74, 6) is -0.280. The van der Waals surface area contributed by atoms with Gasteiger partial charge < -0.3 is 15.7 Å². The fourth-order valence-electron chi connectivity index (χ4n) is 3.88. The van der Waals surface area contributed by atoms with E-state index in [0.29, 0.717) is 23.4 Å². The second-order valence-corrected chi connectivity index (χ2v) is 11.5. The number of thiophene rings is 1. The van der Waals surface area contributed by atoms with Crippen LogP contribution in [0.1, 0.15) is 54.2 Å². The Bertz CT molecular complexity index is 1470. The molecule has 4 rings (SSSR count). The van der Waals surface area contributed by atoms with Crippen LogP contribution in [0.4, 0.5) is 20.4 Å². The number of nitrogens with zero attached hydrogens (tertiary/aromatic N) is 2. The molecule has 0 bridgehead atoms. The number of alkyl halides is 2. The number of benzene rings is 2. The number of aromatic nitrogens is 2. The van der Waals surface area contributed by atoms with Crippen LogP contribution < -0.4 is 16.0 Å². The van der Waals surface area contributed by atoms with E-state index >= 15 is 0 Å². The van der Waals surface area contributed by atoms with E-state index in [1.54, 1.807) is 10.6 Å². The predicted octanol–water partition coefficient (Wildman–Crippen LogP) is 6.72. The minimum Gasteiger partial charge on any atom is -0.370 e. The first-order valence-corrected chi connectivity index (χ1v) is 13.4. The number of carbonyl (C=O) groups is 1. The van der Waals surface area contributed by atoms with E-state index in [1.165, 1.54) is 18.2 Å². The molecule has 0 aliphatic rings. The maximum absolute atomic E-state index is 13.1. The van der Waals surface area contributed by atoms with Gasteiger partial charge in [0.25, 0.3) is 12.3 Å². The van der Waals surface area contributed by atoms with Crippen LogP contribution in [-0.2, 0) is 6.54 Å². The van der Waals surface area contributed by atoms with Crippen LogP contribution in [0.2, 0.25) is 0 Å². The topological polar surface area (TPSA) is 91.2 Å². The largest absolute Gasteiger partial charge is 0.370 e. The van der Waals surface area contributed by atoms with Crippen LogP contribution >= 0.6 is 11.3 Å². The lowest BCUT2D eigenvalue weighted by Gasteiger charge is -2.28. The van der Waals surface area contributed by atoms with E-state index < -0.39 is 18.6 Å². The molecule has 2 atom stereocenters. The molecule has 2 aromatic heterocycles. The van der Waals surface area contributed by atoms with Crippen LogP contribution in [0.3, 0.4) is 0 Å². The number of aliphatic hydroxyl groups is 1. The lowest BCUT2D eigenvalue weighted by Crippen LogP contribution is -2.37. The predicted molar refractivity (Wildman–Crippen MR) is 154 cm³/mol. The monoisotopic (exact) mass is 553 g/mol. The van der Waals surface area contributed by atoms with E-state index in [1.807, 2.05) is 36.4 Å². The molecule has 0 saturated heterocycles.